The molecule has 108 valence electrons. The van der Waals surface area contributed by atoms with E-state index in [1.165, 1.54) is 10.8 Å². The average molecular weight is 280 g/mol. The molecular formula is C18H20N2O. The van der Waals surface area contributed by atoms with Crippen molar-refractivity contribution < 1.29 is 4.42 Å². The number of hydrogen-bond donors (Lipinski definition) is 1. The molecule has 0 aliphatic carbocycles. The minimum Gasteiger partial charge on any atom is -0.439 e. The van der Waals surface area contributed by atoms with E-state index in [1.807, 2.05) is 6.20 Å². The van der Waals surface area contributed by atoms with E-state index >= 15 is 0 Å². The number of nitrogens with one attached hydrogen (secondary N) is 1. The molecule has 0 saturated carbocycles. The fourth-order valence-electron chi connectivity index (χ4n) is 2.50. The summed E-state index contributed by atoms with van der Waals surface area (Å²) in [6, 6.07) is 14.7. The Morgan fingerprint density at radius 1 is 1.14 bits per heavy atom. The van der Waals surface area contributed by atoms with Crippen molar-refractivity contribution in [2.75, 3.05) is 6.54 Å². The highest BCUT2D eigenvalue weighted by molar-refractivity contribution is 5.95. The number of aromatic nitrogens is 1. The van der Waals surface area contributed by atoms with Gasteiger partial charge < -0.3 is 9.73 Å². The molecule has 1 aromatic heterocycles. The van der Waals surface area contributed by atoms with Gasteiger partial charge in [0.05, 0.1) is 12.2 Å². The van der Waals surface area contributed by atoms with Crippen LogP contribution in [0.1, 0.15) is 32.2 Å². The Balaban J connectivity index is 1.95. The smallest absolute Gasteiger partial charge is 0.211 e. The van der Waals surface area contributed by atoms with Crippen molar-refractivity contribution >= 4 is 10.8 Å². The van der Waals surface area contributed by atoms with Crippen LogP contribution in [0.2, 0.25) is 0 Å². The molecule has 0 aliphatic heterocycles. The van der Waals surface area contributed by atoms with E-state index in [0.29, 0.717) is 0 Å². The third-order valence-corrected chi connectivity index (χ3v) is 3.65. The van der Waals surface area contributed by atoms with Gasteiger partial charge in [0.2, 0.25) is 5.89 Å². The van der Waals surface area contributed by atoms with E-state index in [2.05, 4.69) is 66.6 Å². The zero-order chi connectivity index (χ0) is 14.7. The minimum atomic E-state index is 0.133. The Morgan fingerprint density at radius 3 is 2.81 bits per heavy atom. The number of fused-ring (bicyclic) bond motifs is 1. The highest BCUT2D eigenvalue weighted by Gasteiger charge is 2.13. The molecule has 1 atom stereocenters. The van der Waals surface area contributed by atoms with E-state index in [1.54, 1.807) is 0 Å². The molecule has 0 amide bonds. The third kappa shape index (κ3) is 2.83. The first-order valence-electron chi connectivity index (χ1n) is 7.47. The summed E-state index contributed by atoms with van der Waals surface area (Å²) < 4.78 is 5.96. The van der Waals surface area contributed by atoms with Crippen LogP contribution in [0.3, 0.4) is 0 Å². The highest BCUT2D eigenvalue weighted by Crippen LogP contribution is 2.30. The van der Waals surface area contributed by atoms with Crippen LogP contribution in [0.15, 0.2) is 53.1 Å². The lowest BCUT2D eigenvalue weighted by Crippen LogP contribution is -2.19. The van der Waals surface area contributed by atoms with E-state index in [0.717, 1.165) is 30.2 Å². The molecule has 1 unspecified atom stereocenters. The van der Waals surface area contributed by atoms with Crippen molar-refractivity contribution in [2.45, 2.75) is 26.3 Å². The van der Waals surface area contributed by atoms with Crippen molar-refractivity contribution in [3.63, 3.8) is 0 Å². The lowest BCUT2D eigenvalue weighted by molar-refractivity contribution is 0.423. The van der Waals surface area contributed by atoms with E-state index in [4.69, 9.17) is 4.42 Å². The fourth-order valence-corrected chi connectivity index (χ4v) is 2.50. The van der Waals surface area contributed by atoms with Crippen molar-refractivity contribution in [2.24, 2.45) is 0 Å². The largest absolute Gasteiger partial charge is 0.439 e. The summed E-state index contributed by atoms with van der Waals surface area (Å²) in [6.07, 6.45) is 2.92. The maximum atomic E-state index is 5.96. The number of rotatable bonds is 5. The van der Waals surface area contributed by atoms with Crippen LogP contribution in [0.5, 0.6) is 0 Å². The molecule has 0 spiro atoms. The van der Waals surface area contributed by atoms with Gasteiger partial charge in [-0.25, -0.2) is 4.98 Å². The third-order valence-electron chi connectivity index (χ3n) is 3.65. The topological polar surface area (TPSA) is 38.1 Å². The molecule has 0 aliphatic rings. The van der Waals surface area contributed by atoms with E-state index in [-0.39, 0.29) is 6.04 Å². The van der Waals surface area contributed by atoms with Gasteiger partial charge in [0.25, 0.3) is 0 Å². The van der Waals surface area contributed by atoms with Crippen molar-refractivity contribution in [3.8, 4) is 11.3 Å². The summed E-state index contributed by atoms with van der Waals surface area (Å²) in [4.78, 5) is 4.42. The summed E-state index contributed by atoms with van der Waals surface area (Å²) >= 11 is 0. The lowest BCUT2D eigenvalue weighted by Gasteiger charge is -2.08. The Bertz CT molecular complexity index is 727. The molecule has 1 heterocycles. The fraction of sp³-hybridized carbons (Fsp3) is 0.278. The lowest BCUT2D eigenvalue weighted by atomic mass is 10.0. The van der Waals surface area contributed by atoms with Crippen LogP contribution in [0.25, 0.3) is 22.1 Å². The predicted octanol–water partition coefficient (Wildman–Crippen LogP) is 4.56. The monoisotopic (exact) mass is 280 g/mol. The van der Waals surface area contributed by atoms with Crippen LogP contribution in [0.4, 0.5) is 0 Å². The van der Waals surface area contributed by atoms with Crippen molar-refractivity contribution in [1.82, 2.24) is 10.3 Å². The molecule has 1 N–H and O–H groups in total. The highest BCUT2D eigenvalue weighted by atomic mass is 16.4. The molecule has 2 aromatic carbocycles. The first-order valence-corrected chi connectivity index (χ1v) is 7.47. The van der Waals surface area contributed by atoms with Gasteiger partial charge in [-0.2, -0.15) is 0 Å². The normalized spacial score (nSPS) is 12.7. The Kier molecular flexibility index (Phi) is 4.02. The van der Waals surface area contributed by atoms with Gasteiger partial charge >= 0.3 is 0 Å². The van der Waals surface area contributed by atoms with E-state index < -0.39 is 0 Å². The molecule has 3 nitrogen and oxygen atoms in total. The summed E-state index contributed by atoms with van der Waals surface area (Å²) in [5, 5.41) is 5.80. The molecule has 0 saturated heterocycles. The number of nitrogens with zero attached hydrogens (tertiary/aromatic N) is 1. The molecule has 3 heteroatoms. The minimum absolute atomic E-state index is 0.133. The summed E-state index contributed by atoms with van der Waals surface area (Å²) in [5.74, 6) is 1.57. The van der Waals surface area contributed by atoms with Gasteiger partial charge in [-0.3, -0.25) is 0 Å². The van der Waals surface area contributed by atoms with E-state index in [9.17, 15) is 0 Å². The molecule has 3 aromatic rings. The number of benzene rings is 2. The second-order valence-electron chi connectivity index (χ2n) is 5.27. The second-order valence-corrected chi connectivity index (χ2v) is 5.27. The number of oxazole rings is 1. The predicted molar refractivity (Wildman–Crippen MR) is 86.2 cm³/mol. The first kappa shape index (κ1) is 13.8. The maximum absolute atomic E-state index is 5.96. The Morgan fingerprint density at radius 2 is 1.95 bits per heavy atom. The number of hydrogen-bond acceptors (Lipinski definition) is 3. The summed E-state index contributed by atoms with van der Waals surface area (Å²) in [5.41, 5.74) is 1.09. The molecule has 21 heavy (non-hydrogen) atoms. The SMILES string of the molecule is CCCNC(C)c1ncc(-c2cccc3ccccc23)o1. The van der Waals surface area contributed by atoms with Crippen molar-refractivity contribution in [3.05, 3.63) is 54.6 Å². The zero-order valence-corrected chi connectivity index (χ0v) is 12.5. The van der Waals surface area contributed by atoms with Gasteiger partial charge in [-0.15, -0.1) is 0 Å². The van der Waals surface area contributed by atoms with Gasteiger partial charge in [-0.1, -0.05) is 49.4 Å². The van der Waals surface area contributed by atoms with Crippen LogP contribution in [0, 0.1) is 0 Å². The summed E-state index contributed by atoms with van der Waals surface area (Å²) in [6.45, 7) is 5.19. The first-order chi connectivity index (χ1) is 10.3. The standard InChI is InChI=1S/C18H20N2O/c1-3-11-19-13(2)18-20-12-17(21-18)16-10-6-8-14-7-4-5-9-15(14)16/h4-10,12-13,19H,3,11H2,1-2H3. The van der Waals surface area contributed by atoms with Crippen molar-refractivity contribution in [1.29, 1.82) is 0 Å². The van der Waals surface area contributed by atoms with Crippen LogP contribution in [-0.2, 0) is 0 Å². The van der Waals surface area contributed by atoms with Gasteiger partial charge in [0, 0.05) is 5.56 Å². The molecular weight excluding hydrogens is 260 g/mol. The van der Waals surface area contributed by atoms with Crippen LogP contribution >= 0.6 is 0 Å². The quantitative estimate of drug-likeness (QED) is 0.744. The zero-order valence-electron chi connectivity index (χ0n) is 12.5. The Hall–Kier alpha value is -2.13. The van der Waals surface area contributed by atoms with Gasteiger partial charge in [0.15, 0.2) is 5.76 Å². The second kappa shape index (κ2) is 6.10. The Labute approximate surface area is 125 Å². The van der Waals surface area contributed by atoms with Gasteiger partial charge in [-0.05, 0) is 30.7 Å². The summed E-state index contributed by atoms with van der Waals surface area (Å²) in [7, 11) is 0. The molecule has 3 rings (SSSR count). The maximum Gasteiger partial charge on any atom is 0.211 e. The molecule has 0 fully saturated rings. The molecule has 0 bridgehead atoms. The van der Waals surface area contributed by atoms with Crippen LogP contribution in [-0.4, -0.2) is 11.5 Å². The molecule has 0 radical (unpaired) electrons. The van der Waals surface area contributed by atoms with Gasteiger partial charge in [0.1, 0.15) is 0 Å². The average Bonchev–Trinajstić information content (AvgIpc) is 3.02. The van der Waals surface area contributed by atoms with Crippen LogP contribution < -0.4 is 5.32 Å².